The lowest BCUT2D eigenvalue weighted by Crippen LogP contribution is -2.12. The molecule has 0 aliphatic heterocycles. The highest BCUT2D eigenvalue weighted by Crippen LogP contribution is 2.21. The summed E-state index contributed by atoms with van der Waals surface area (Å²) in [6, 6.07) is 14.6. The van der Waals surface area contributed by atoms with E-state index >= 15 is 0 Å². The molecule has 9 heteroatoms. The second kappa shape index (κ2) is 10.0. The number of benzene rings is 2. The van der Waals surface area contributed by atoms with Crippen LogP contribution in [0.2, 0.25) is 0 Å². The molecule has 4 aromatic rings. The van der Waals surface area contributed by atoms with Gasteiger partial charge in [0, 0.05) is 11.8 Å². The molecular formula is C25H24BrN5O3. The molecule has 1 N–H and O–H groups in total. The predicted molar refractivity (Wildman–Crippen MR) is 132 cm³/mol. The first kappa shape index (κ1) is 23.4. The zero-order chi connectivity index (χ0) is 24.2. The van der Waals surface area contributed by atoms with Crippen LogP contribution in [-0.2, 0) is 17.8 Å². The molecule has 0 bridgehead atoms. The van der Waals surface area contributed by atoms with Gasteiger partial charge in [0.1, 0.15) is 0 Å². The van der Waals surface area contributed by atoms with Crippen molar-refractivity contribution in [2.45, 2.75) is 26.9 Å². The molecule has 0 fully saturated rings. The number of ether oxygens (including phenoxy) is 1. The molecule has 0 aliphatic carbocycles. The molecule has 2 heterocycles. The van der Waals surface area contributed by atoms with E-state index in [1.165, 1.54) is 7.11 Å². The Labute approximate surface area is 205 Å². The molecule has 0 spiro atoms. The number of methoxy groups -OCH3 is 1. The van der Waals surface area contributed by atoms with Gasteiger partial charge in [-0.1, -0.05) is 30.3 Å². The van der Waals surface area contributed by atoms with Crippen LogP contribution >= 0.6 is 15.9 Å². The summed E-state index contributed by atoms with van der Waals surface area (Å²) in [5, 5.41) is 11.7. The SMILES string of the molecule is COC(=O)c1ccccc1Cn1cc(NC(=O)c2ccc(Cn3nc(C)c(Br)c3C)cc2)cn1. The van der Waals surface area contributed by atoms with E-state index in [1.807, 2.05) is 42.8 Å². The Morgan fingerprint density at radius 2 is 1.79 bits per heavy atom. The third-order valence-electron chi connectivity index (χ3n) is 5.49. The molecule has 2 aromatic carbocycles. The summed E-state index contributed by atoms with van der Waals surface area (Å²) < 4.78 is 9.45. The van der Waals surface area contributed by atoms with Crippen molar-refractivity contribution in [3.8, 4) is 0 Å². The number of amides is 1. The maximum atomic E-state index is 12.7. The van der Waals surface area contributed by atoms with Gasteiger partial charge >= 0.3 is 5.97 Å². The van der Waals surface area contributed by atoms with Gasteiger partial charge in [-0.2, -0.15) is 10.2 Å². The van der Waals surface area contributed by atoms with Crippen LogP contribution in [0.1, 0.15) is 43.2 Å². The summed E-state index contributed by atoms with van der Waals surface area (Å²) in [4.78, 5) is 24.7. The number of carbonyl (C=O) groups excluding carboxylic acids is 2. The molecule has 1 amide bonds. The summed E-state index contributed by atoms with van der Waals surface area (Å²) in [5.41, 5.74) is 5.43. The lowest BCUT2D eigenvalue weighted by molar-refractivity contribution is 0.0599. The number of hydrogen-bond acceptors (Lipinski definition) is 5. The average molecular weight is 522 g/mol. The fraction of sp³-hybridized carbons (Fsp3) is 0.200. The van der Waals surface area contributed by atoms with Crippen molar-refractivity contribution >= 4 is 33.5 Å². The predicted octanol–water partition coefficient (Wildman–Crippen LogP) is 4.59. The third-order valence-corrected chi connectivity index (χ3v) is 6.64. The van der Waals surface area contributed by atoms with E-state index in [9.17, 15) is 9.59 Å². The van der Waals surface area contributed by atoms with Crippen molar-refractivity contribution in [2.24, 2.45) is 0 Å². The molecule has 174 valence electrons. The maximum absolute atomic E-state index is 12.7. The van der Waals surface area contributed by atoms with E-state index in [-0.39, 0.29) is 5.91 Å². The first-order chi connectivity index (χ1) is 16.4. The van der Waals surface area contributed by atoms with Crippen LogP contribution in [0, 0.1) is 13.8 Å². The smallest absolute Gasteiger partial charge is 0.338 e. The van der Waals surface area contributed by atoms with E-state index in [0.29, 0.717) is 29.9 Å². The Kier molecular flexibility index (Phi) is 6.93. The van der Waals surface area contributed by atoms with Gasteiger partial charge in [0.15, 0.2) is 0 Å². The number of hydrogen-bond donors (Lipinski definition) is 1. The number of halogens is 1. The van der Waals surface area contributed by atoms with Gasteiger partial charge in [-0.15, -0.1) is 0 Å². The standard InChI is InChI=1S/C25H24BrN5O3/c1-16-23(26)17(2)31(29-16)13-18-8-10-19(11-9-18)24(32)28-21-12-27-30(15-21)14-20-6-4-5-7-22(20)25(33)34-3/h4-12,15H,13-14H2,1-3H3,(H,28,32). The summed E-state index contributed by atoms with van der Waals surface area (Å²) in [5.74, 6) is -0.625. The second-order valence-electron chi connectivity index (χ2n) is 7.87. The summed E-state index contributed by atoms with van der Waals surface area (Å²) in [7, 11) is 1.35. The first-order valence-corrected chi connectivity index (χ1v) is 11.4. The van der Waals surface area contributed by atoms with E-state index < -0.39 is 5.97 Å². The van der Waals surface area contributed by atoms with Gasteiger partial charge in [0.2, 0.25) is 0 Å². The minimum Gasteiger partial charge on any atom is -0.465 e. The van der Waals surface area contributed by atoms with Gasteiger partial charge in [-0.3, -0.25) is 14.2 Å². The van der Waals surface area contributed by atoms with E-state index in [4.69, 9.17) is 4.74 Å². The van der Waals surface area contributed by atoms with Crippen molar-refractivity contribution < 1.29 is 14.3 Å². The van der Waals surface area contributed by atoms with Crippen LogP contribution in [0.15, 0.2) is 65.4 Å². The number of aromatic nitrogens is 4. The van der Waals surface area contributed by atoms with E-state index in [1.54, 1.807) is 41.3 Å². The molecular weight excluding hydrogens is 498 g/mol. The minimum absolute atomic E-state index is 0.227. The Bertz CT molecular complexity index is 1340. The van der Waals surface area contributed by atoms with Crippen LogP contribution in [0.3, 0.4) is 0 Å². The molecule has 2 aromatic heterocycles. The van der Waals surface area contributed by atoms with Crippen molar-refractivity contribution in [1.29, 1.82) is 0 Å². The highest BCUT2D eigenvalue weighted by molar-refractivity contribution is 9.10. The fourth-order valence-electron chi connectivity index (χ4n) is 3.62. The van der Waals surface area contributed by atoms with Gasteiger partial charge in [0.05, 0.1) is 53.5 Å². The summed E-state index contributed by atoms with van der Waals surface area (Å²) in [6.45, 7) is 4.97. The molecule has 34 heavy (non-hydrogen) atoms. The largest absolute Gasteiger partial charge is 0.465 e. The molecule has 0 atom stereocenters. The van der Waals surface area contributed by atoms with Gasteiger partial charge < -0.3 is 10.1 Å². The van der Waals surface area contributed by atoms with Crippen molar-refractivity contribution in [3.05, 3.63) is 99.0 Å². The highest BCUT2D eigenvalue weighted by Gasteiger charge is 2.13. The van der Waals surface area contributed by atoms with Crippen LogP contribution in [0.25, 0.3) is 0 Å². The maximum Gasteiger partial charge on any atom is 0.338 e. The summed E-state index contributed by atoms with van der Waals surface area (Å²) >= 11 is 3.55. The zero-order valence-corrected chi connectivity index (χ0v) is 20.7. The topological polar surface area (TPSA) is 91.0 Å². The van der Waals surface area contributed by atoms with Crippen molar-refractivity contribution in [2.75, 3.05) is 12.4 Å². The van der Waals surface area contributed by atoms with Gasteiger partial charge in [0.25, 0.3) is 5.91 Å². The van der Waals surface area contributed by atoms with E-state index in [2.05, 4.69) is 31.4 Å². The van der Waals surface area contributed by atoms with Crippen LogP contribution in [-0.4, -0.2) is 38.5 Å². The molecule has 0 saturated carbocycles. The number of carbonyl (C=O) groups is 2. The zero-order valence-electron chi connectivity index (χ0n) is 19.1. The number of nitrogens with one attached hydrogen (secondary N) is 1. The molecule has 0 aliphatic rings. The lowest BCUT2D eigenvalue weighted by atomic mass is 10.1. The fourth-order valence-corrected chi connectivity index (χ4v) is 3.91. The quantitative estimate of drug-likeness (QED) is 0.359. The lowest BCUT2D eigenvalue weighted by Gasteiger charge is -2.08. The molecule has 0 radical (unpaired) electrons. The first-order valence-electron chi connectivity index (χ1n) is 10.6. The monoisotopic (exact) mass is 521 g/mol. The molecule has 8 nitrogen and oxygen atoms in total. The van der Waals surface area contributed by atoms with E-state index in [0.717, 1.165) is 27.0 Å². The number of esters is 1. The Balaban J connectivity index is 1.40. The number of anilines is 1. The van der Waals surface area contributed by atoms with Gasteiger partial charge in [-0.05, 0) is 59.1 Å². The number of rotatable bonds is 7. The normalized spacial score (nSPS) is 10.8. The number of nitrogens with zero attached hydrogens (tertiary/aromatic N) is 4. The van der Waals surface area contributed by atoms with Crippen LogP contribution in [0.5, 0.6) is 0 Å². The average Bonchev–Trinajstić information content (AvgIpc) is 3.38. The van der Waals surface area contributed by atoms with Crippen molar-refractivity contribution in [1.82, 2.24) is 19.6 Å². The molecule has 0 unspecified atom stereocenters. The van der Waals surface area contributed by atoms with Crippen LogP contribution < -0.4 is 5.32 Å². The third kappa shape index (κ3) is 5.09. The minimum atomic E-state index is -0.398. The Hall–Kier alpha value is -3.72. The Morgan fingerprint density at radius 3 is 2.47 bits per heavy atom. The number of aryl methyl sites for hydroxylation is 1. The second-order valence-corrected chi connectivity index (χ2v) is 8.66. The summed E-state index contributed by atoms with van der Waals surface area (Å²) in [6.07, 6.45) is 3.30. The van der Waals surface area contributed by atoms with Gasteiger partial charge in [-0.25, -0.2) is 4.79 Å². The molecule has 0 saturated heterocycles. The Morgan fingerprint density at radius 1 is 1.06 bits per heavy atom. The van der Waals surface area contributed by atoms with Crippen molar-refractivity contribution in [3.63, 3.8) is 0 Å². The molecule has 4 rings (SSSR count). The highest BCUT2D eigenvalue weighted by atomic mass is 79.9. The van der Waals surface area contributed by atoms with Crippen LogP contribution in [0.4, 0.5) is 5.69 Å².